The monoisotopic (exact) mass is 275 g/mol. The van der Waals surface area contributed by atoms with E-state index >= 15 is 0 Å². The summed E-state index contributed by atoms with van der Waals surface area (Å²) in [5, 5.41) is 3.62. The van der Waals surface area contributed by atoms with Crippen molar-refractivity contribution in [3.8, 4) is 0 Å². The first-order valence-corrected chi connectivity index (χ1v) is 7.49. The summed E-state index contributed by atoms with van der Waals surface area (Å²) < 4.78 is 0. The van der Waals surface area contributed by atoms with Crippen LogP contribution in [0.15, 0.2) is 18.2 Å². The predicted octanol–water partition coefficient (Wildman–Crippen LogP) is 2.38. The van der Waals surface area contributed by atoms with E-state index < -0.39 is 0 Å². The SMILES string of the molecule is CCN1CCCC(Nc2ccc(C(N)=O)cc2C)CC1. The Bertz CT molecular complexity index is 473. The number of nitrogens with one attached hydrogen (secondary N) is 1. The Morgan fingerprint density at radius 3 is 2.85 bits per heavy atom. The van der Waals surface area contributed by atoms with Crippen LogP contribution in [0.25, 0.3) is 0 Å². The normalized spacial score (nSPS) is 20.4. The lowest BCUT2D eigenvalue weighted by molar-refractivity contribution is 0.1000. The highest BCUT2D eigenvalue weighted by Crippen LogP contribution is 2.21. The topological polar surface area (TPSA) is 58.4 Å². The summed E-state index contributed by atoms with van der Waals surface area (Å²) >= 11 is 0. The van der Waals surface area contributed by atoms with Gasteiger partial charge >= 0.3 is 0 Å². The quantitative estimate of drug-likeness (QED) is 0.887. The Kier molecular flexibility index (Phi) is 5.01. The fraction of sp³-hybridized carbons (Fsp3) is 0.562. The Morgan fingerprint density at radius 2 is 2.20 bits per heavy atom. The number of amides is 1. The Labute approximate surface area is 121 Å². The van der Waals surface area contributed by atoms with E-state index in [4.69, 9.17) is 5.73 Å². The Balaban J connectivity index is 2.01. The lowest BCUT2D eigenvalue weighted by atomic mass is 10.1. The summed E-state index contributed by atoms with van der Waals surface area (Å²) in [6.07, 6.45) is 3.61. The average Bonchev–Trinajstić information content (AvgIpc) is 2.66. The number of benzene rings is 1. The molecule has 0 aromatic heterocycles. The van der Waals surface area contributed by atoms with Crippen molar-refractivity contribution in [2.24, 2.45) is 5.73 Å². The summed E-state index contributed by atoms with van der Waals surface area (Å²) in [5.74, 6) is -0.368. The van der Waals surface area contributed by atoms with Gasteiger partial charge < -0.3 is 16.0 Å². The van der Waals surface area contributed by atoms with Crippen molar-refractivity contribution < 1.29 is 4.79 Å². The number of hydrogen-bond acceptors (Lipinski definition) is 3. The fourth-order valence-electron chi connectivity index (χ4n) is 2.82. The van der Waals surface area contributed by atoms with Crippen molar-refractivity contribution in [3.63, 3.8) is 0 Å². The van der Waals surface area contributed by atoms with E-state index in [0.29, 0.717) is 11.6 Å². The van der Waals surface area contributed by atoms with Crippen molar-refractivity contribution in [1.29, 1.82) is 0 Å². The number of rotatable bonds is 4. The molecule has 110 valence electrons. The molecule has 20 heavy (non-hydrogen) atoms. The Morgan fingerprint density at radius 1 is 1.40 bits per heavy atom. The van der Waals surface area contributed by atoms with Gasteiger partial charge in [0.1, 0.15) is 0 Å². The van der Waals surface area contributed by atoms with Gasteiger partial charge in [0, 0.05) is 23.8 Å². The lowest BCUT2D eigenvalue weighted by Gasteiger charge is -2.20. The van der Waals surface area contributed by atoms with E-state index in [1.807, 2.05) is 19.1 Å². The molecule has 4 heteroatoms. The maximum atomic E-state index is 11.2. The van der Waals surface area contributed by atoms with E-state index in [-0.39, 0.29) is 5.91 Å². The van der Waals surface area contributed by atoms with Crippen molar-refractivity contribution in [1.82, 2.24) is 4.90 Å². The van der Waals surface area contributed by atoms with E-state index in [1.54, 1.807) is 6.07 Å². The van der Waals surface area contributed by atoms with Gasteiger partial charge in [0.05, 0.1) is 0 Å². The Hall–Kier alpha value is -1.55. The molecular weight excluding hydrogens is 250 g/mol. The zero-order chi connectivity index (χ0) is 14.5. The van der Waals surface area contributed by atoms with Crippen LogP contribution in [0.4, 0.5) is 5.69 Å². The average molecular weight is 275 g/mol. The summed E-state index contributed by atoms with van der Waals surface area (Å²) in [7, 11) is 0. The van der Waals surface area contributed by atoms with Crippen LogP contribution in [0.3, 0.4) is 0 Å². The van der Waals surface area contributed by atoms with Gasteiger partial charge in [0.25, 0.3) is 0 Å². The van der Waals surface area contributed by atoms with E-state index in [9.17, 15) is 4.79 Å². The second-order valence-corrected chi connectivity index (χ2v) is 5.60. The van der Waals surface area contributed by atoms with E-state index in [1.165, 1.54) is 25.8 Å². The maximum absolute atomic E-state index is 11.2. The van der Waals surface area contributed by atoms with Crippen molar-refractivity contribution in [3.05, 3.63) is 29.3 Å². The molecule has 0 aliphatic carbocycles. The highest BCUT2D eigenvalue weighted by Gasteiger charge is 2.16. The van der Waals surface area contributed by atoms with Gasteiger partial charge in [-0.05, 0) is 63.0 Å². The maximum Gasteiger partial charge on any atom is 0.248 e. The molecule has 4 nitrogen and oxygen atoms in total. The van der Waals surface area contributed by atoms with Gasteiger partial charge in [-0.3, -0.25) is 4.79 Å². The molecule has 1 heterocycles. The lowest BCUT2D eigenvalue weighted by Crippen LogP contribution is -2.26. The molecule has 0 radical (unpaired) electrons. The summed E-state index contributed by atoms with van der Waals surface area (Å²) in [5.41, 5.74) is 8.08. The van der Waals surface area contributed by atoms with Crippen molar-refractivity contribution in [2.75, 3.05) is 25.0 Å². The molecule has 0 spiro atoms. The number of carbonyl (C=O) groups is 1. The number of carbonyl (C=O) groups excluding carboxylic acids is 1. The molecular formula is C16H25N3O. The first-order chi connectivity index (χ1) is 9.60. The van der Waals surface area contributed by atoms with Crippen LogP contribution >= 0.6 is 0 Å². The van der Waals surface area contributed by atoms with Crippen LogP contribution in [0, 0.1) is 6.92 Å². The van der Waals surface area contributed by atoms with Crippen LogP contribution < -0.4 is 11.1 Å². The molecule has 0 bridgehead atoms. The summed E-state index contributed by atoms with van der Waals surface area (Å²) in [6, 6.07) is 6.15. The van der Waals surface area contributed by atoms with Crippen LogP contribution in [-0.2, 0) is 0 Å². The summed E-state index contributed by atoms with van der Waals surface area (Å²) in [6.45, 7) is 7.74. The molecule has 1 aliphatic rings. The van der Waals surface area contributed by atoms with Gasteiger partial charge in [0.15, 0.2) is 0 Å². The molecule has 1 amide bonds. The molecule has 2 rings (SSSR count). The molecule has 1 unspecified atom stereocenters. The third kappa shape index (κ3) is 3.73. The largest absolute Gasteiger partial charge is 0.382 e. The number of nitrogens with zero attached hydrogens (tertiary/aromatic N) is 1. The number of primary amides is 1. The van der Waals surface area contributed by atoms with Crippen molar-refractivity contribution >= 4 is 11.6 Å². The minimum Gasteiger partial charge on any atom is -0.382 e. The minimum absolute atomic E-state index is 0.368. The smallest absolute Gasteiger partial charge is 0.248 e. The number of likely N-dealkylation sites (tertiary alicyclic amines) is 1. The molecule has 1 atom stereocenters. The van der Waals surface area contributed by atoms with Gasteiger partial charge in [-0.2, -0.15) is 0 Å². The van der Waals surface area contributed by atoms with Gasteiger partial charge in [0.2, 0.25) is 5.91 Å². The first kappa shape index (κ1) is 14.9. The van der Waals surface area contributed by atoms with Gasteiger partial charge in [-0.1, -0.05) is 6.92 Å². The number of hydrogen-bond donors (Lipinski definition) is 2. The molecule has 3 N–H and O–H groups in total. The van der Waals surface area contributed by atoms with Gasteiger partial charge in [-0.25, -0.2) is 0 Å². The van der Waals surface area contributed by atoms with E-state index in [2.05, 4.69) is 17.1 Å². The third-order valence-corrected chi connectivity index (χ3v) is 4.14. The number of nitrogens with two attached hydrogens (primary N) is 1. The zero-order valence-electron chi connectivity index (χ0n) is 12.5. The third-order valence-electron chi connectivity index (χ3n) is 4.14. The standard InChI is InChI=1S/C16H25N3O/c1-3-19-9-4-5-14(8-10-19)18-15-7-6-13(16(17)20)11-12(15)2/h6-7,11,14,18H,3-5,8-10H2,1-2H3,(H2,17,20). The molecule has 0 saturated carbocycles. The van der Waals surface area contributed by atoms with Crippen LogP contribution in [0.5, 0.6) is 0 Å². The van der Waals surface area contributed by atoms with Gasteiger partial charge in [-0.15, -0.1) is 0 Å². The summed E-state index contributed by atoms with van der Waals surface area (Å²) in [4.78, 5) is 13.7. The minimum atomic E-state index is -0.368. The second-order valence-electron chi connectivity index (χ2n) is 5.60. The van der Waals surface area contributed by atoms with Crippen LogP contribution in [0.1, 0.15) is 42.1 Å². The highest BCUT2D eigenvalue weighted by atomic mass is 16.1. The molecule has 1 fully saturated rings. The van der Waals surface area contributed by atoms with E-state index in [0.717, 1.165) is 24.3 Å². The van der Waals surface area contributed by atoms with Crippen molar-refractivity contribution in [2.45, 2.75) is 39.2 Å². The number of anilines is 1. The number of aryl methyl sites for hydroxylation is 1. The van der Waals surface area contributed by atoms with Crippen LogP contribution in [-0.4, -0.2) is 36.5 Å². The highest BCUT2D eigenvalue weighted by molar-refractivity contribution is 5.93. The fourth-order valence-corrected chi connectivity index (χ4v) is 2.82. The van der Waals surface area contributed by atoms with Crippen LogP contribution in [0.2, 0.25) is 0 Å². The molecule has 1 aromatic carbocycles. The predicted molar refractivity (Wildman–Crippen MR) is 83.1 cm³/mol. The molecule has 1 aromatic rings. The zero-order valence-corrected chi connectivity index (χ0v) is 12.5. The molecule has 1 saturated heterocycles. The molecule has 1 aliphatic heterocycles. The first-order valence-electron chi connectivity index (χ1n) is 7.49. The second kappa shape index (κ2) is 6.75.